The Bertz CT molecular complexity index is 326. The van der Waals surface area contributed by atoms with Crippen LogP contribution in [-0.4, -0.2) is 31.0 Å². The zero-order valence-corrected chi connectivity index (χ0v) is 9.77. The fourth-order valence-electron chi connectivity index (χ4n) is 1.18. The van der Waals surface area contributed by atoms with Gasteiger partial charge in [-0.25, -0.2) is 0 Å². The first-order valence-corrected chi connectivity index (χ1v) is 5.27. The Morgan fingerprint density at radius 2 is 2.06 bits per heavy atom. The van der Waals surface area contributed by atoms with Crippen LogP contribution in [0.3, 0.4) is 0 Å². The van der Waals surface area contributed by atoms with E-state index in [0.717, 1.165) is 11.5 Å². The molecule has 3 N–H and O–H groups in total. The zero-order chi connectivity index (χ0) is 12.0. The fourth-order valence-corrected chi connectivity index (χ4v) is 1.18. The number of nitrogens with two attached hydrogens (primary N) is 1. The smallest absolute Gasteiger partial charge is 0.122 e. The third-order valence-electron chi connectivity index (χ3n) is 2.39. The fraction of sp³-hybridized carbons (Fsp3) is 0.500. The summed E-state index contributed by atoms with van der Waals surface area (Å²) in [7, 11) is 1.61. The van der Waals surface area contributed by atoms with Crippen molar-refractivity contribution in [3.05, 3.63) is 24.3 Å². The molecule has 0 amide bonds. The molecule has 0 aliphatic rings. The maximum atomic E-state index is 9.67. The Morgan fingerprint density at radius 3 is 2.69 bits per heavy atom. The van der Waals surface area contributed by atoms with Crippen molar-refractivity contribution in [1.29, 1.82) is 0 Å². The van der Waals surface area contributed by atoms with Gasteiger partial charge in [0.1, 0.15) is 11.5 Å². The number of hydrogen-bond donors (Lipinski definition) is 2. The van der Waals surface area contributed by atoms with Crippen LogP contribution in [0.1, 0.15) is 13.3 Å². The third kappa shape index (κ3) is 4.08. The van der Waals surface area contributed by atoms with E-state index in [2.05, 4.69) is 0 Å². The maximum absolute atomic E-state index is 9.67. The minimum Gasteiger partial charge on any atom is -0.497 e. The Labute approximate surface area is 96.0 Å². The van der Waals surface area contributed by atoms with Crippen LogP contribution in [0, 0.1) is 0 Å². The predicted octanol–water partition coefficient (Wildman–Crippen LogP) is 1.17. The summed E-state index contributed by atoms with van der Waals surface area (Å²) in [5.41, 5.74) is 4.54. The second-order valence-electron chi connectivity index (χ2n) is 3.98. The van der Waals surface area contributed by atoms with E-state index < -0.39 is 5.60 Å². The molecule has 4 nitrogen and oxygen atoms in total. The van der Waals surface area contributed by atoms with Gasteiger partial charge in [0.25, 0.3) is 0 Å². The molecule has 0 saturated heterocycles. The van der Waals surface area contributed by atoms with Gasteiger partial charge in [0.15, 0.2) is 0 Å². The van der Waals surface area contributed by atoms with Crippen LogP contribution in [0.5, 0.6) is 11.5 Å². The molecule has 1 rings (SSSR count). The van der Waals surface area contributed by atoms with Crippen molar-refractivity contribution in [3.63, 3.8) is 0 Å². The highest BCUT2D eigenvalue weighted by molar-refractivity contribution is 5.32. The molecular weight excluding hydrogens is 206 g/mol. The molecule has 0 spiro atoms. The summed E-state index contributed by atoms with van der Waals surface area (Å²) in [4.78, 5) is 0. The second-order valence-corrected chi connectivity index (χ2v) is 3.98. The van der Waals surface area contributed by atoms with Gasteiger partial charge in [-0.3, -0.25) is 0 Å². The SMILES string of the molecule is COc1cccc(OCCC(C)(O)CN)c1. The molecule has 1 unspecified atom stereocenters. The normalized spacial score (nSPS) is 14.2. The number of aliphatic hydroxyl groups is 1. The highest BCUT2D eigenvalue weighted by atomic mass is 16.5. The lowest BCUT2D eigenvalue weighted by molar-refractivity contribution is 0.0453. The second kappa shape index (κ2) is 5.72. The van der Waals surface area contributed by atoms with Gasteiger partial charge in [0.05, 0.1) is 19.3 Å². The molecule has 4 heteroatoms. The number of benzene rings is 1. The van der Waals surface area contributed by atoms with Gasteiger partial charge >= 0.3 is 0 Å². The van der Waals surface area contributed by atoms with E-state index >= 15 is 0 Å². The maximum Gasteiger partial charge on any atom is 0.122 e. The highest BCUT2D eigenvalue weighted by Crippen LogP contribution is 2.19. The van der Waals surface area contributed by atoms with E-state index in [0.29, 0.717) is 13.0 Å². The van der Waals surface area contributed by atoms with Crippen molar-refractivity contribution in [2.45, 2.75) is 18.9 Å². The molecule has 0 aliphatic heterocycles. The minimum absolute atomic E-state index is 0.231. The lowest BCUT2D eigenvalue weighted by Crippen LogP contribution is -2.35. The molecule has 90 valence electrons. The van der Waals surface area contributed by atoms with Crippen LogP contribution in [0.15, 0.2) is 24.3 Å². The first-order chi connectivity index (χ1) is 7.57. The van der Waals surface area contributed by atoms with Gasteiger partial charge in [0, 0.05) is 19.0 Å². The largest absolute Gasteiger partial charge is 0.497 e. The molecule has 0 saturated carbocycles. The molecule has 0 bridgehead atoms. The average molecular weight is 225 g/mol. The Kier molecular flexibility index (Phi) is 4.58. The van der Waals surface area contributed by atoms with Crippen molar-refractivity contribution in [3.8, 4) is 11.5 Å². The van der Waals surface area contributed by atoms with Gasteiger partial charge in [0.2, 0.25) is 0 Å². The van der Waals surface area contributed by atoms with Crippen molar-refractivity contribution in [1.82, 2.24) is 0 Å². The monoisotopic (exact) mass is 225 g/mol. The summed E-state index contributed by atoms with van der Waals surface area (Å²) in [5.74, 6) is 1.48. The van der Waals surface area contributed by atoms with Crippen LogP contribution >= 0.6 is 0 Å². The molecule has 0 fully saturated rings. The molecule has 0 aliphatic carbocycles. The van der Waals surface area contributed by atoms with Crippen LogP contribution in [0.2, 0.25) is 0 Å². The van der Waals surface area contributed by atoms with Crippen LogP contribution < -0.4 is 15.2 Å². The lowest BCUT2D eigenvalue weighted by Gasteiger charge is -2.20. The molecule has 0 heterocycles. The molecule has 0 radical (unpaired) electrons. The van der Waals surface area contributed by atoms with E-state index in [1.54, 1.807) is 20.1 Å². The summed E-state index contributed by atoms with van der Waals surface area (Å²) < 4.78 is 10.6. The first kappa shape index (κ1) is 12.8. The van der Waals surface area contributed by atoms with Crippen molar-refractivity contribution in [2.24, 2.45) is 5.73 Å². The molecule has 1 atom stereocenters. The summed E-state index contributed by atoms with van der Waals surface area (Å²) in [6.45, 7) is 2.35. The Hall–Kier alpha value is -1.26. The van der Waals surface area contributed by atoms with Gasteiger partial charge in [-0.1, -0.05) is 6.07 Å². The molecular formula is C12H19NO3. The molecule has 0 aromatic heterocycles. The quantitative estimate of drug-likeness (QED) is 0.763. The van der Waals surface area contributed by atoms with Gasteiger partial charge in [-0.05, 0) is 19.1 Å². The first-order valence-electron chi connectivity index (χ1n) is 5.27. The van der Waals surface area contributed by atoms with E-state index in [1.165, 1.54) is 0 Å². The van der Waals surface area contributed by atoms with E-state index in [1.807, 2.05) is 18.2 Å². The summed E-state index contributed by atoms with van der Waals surface area (Å²) >= 11 is 0. The number of rotatable bonds is 6. The topological polar surface area (TPSA) is 64.7 Å². The van der Waals surface area contributed by atoms with E-state index in [-0.39, 0.29) is 6.54 Å². The lowest BCUT2D eigenvalue weighted by atomic mass is 10.0. The van der Waals surface area contributed by atoms with Crippen molar-refractivity contribution < 1.29 is 14.6 Å². The standard InChI is InChI=1S/C12H19NO3/c1-12(14,9-13)6-7-16-11-5-3-4-10(8-11)15-2/h3-5,8,14H,6-7,9,13H2,1-2H3. The number of ether oxygens (including phenoxy) is 2. The Balaban J connectivity index is 2.42. The van der Waals surface area contributed by atoms with Crippen LogP contribution in [-0.2, 0) is 0 Å². The Morgan fingerprint density at radius 1 is 1.38 bits per heavy atom. The summed E-state index contributed by atoms with van der Waals surface area (Å²) in [6, 6.07) is 7.36. The van der Waals surface area contributed by atoms with Gasteiger partial charge in [-0.2, -0.15) is 0 Å². The third-order valence-corrected chi connectivity index (χ3v) is 2.39. The van der Waals surface area contributed by atoms with Crippen molar-refractivity contribution in [2.75, 3.05) is 20.3 Å². The van der Waals surface area contributed by atoms with E-state index in [4.69, 9.17) is 15.2 Å². The predicted molar refractivity (Wildman–Crippen MR) is 62.8 cm³/mol. The van der Waals surface area contributed by atoms with Gasteiger partial charge in [-0.15, -0.1) is 0 Å². The summed E-state index contributed by atoms with van der Waals surface area (Å²) in [5, 5.41) is 9.67. The highest BCUT2D eigenvalue weighted by Gasteiger charge is 2.17. The number of hydrogen-bond acceptors (Lipinski definition) is 4. The van der Waals surface area contributed by atoms with E-state index in [9.17, 15) is 5.11 Å². The minimum atomic E-state index is -0.862. The average Bonchev–Trinajstić information content (AvgIpc) is 2.29. The van der Waals surface area contributed by atoms with Crippen LogP contribution in [0.25, 0.3) is 0 Å². The van der Waals surface area contributed by atoms with Crippen LogP contribution in [0.4, 0.5) is 0 Å². The number of methoxy groups -OCH3 is 1. The zero-order valence-electron chi connectivity index (χ0n) is 9.77. The van der Waals surface area contributed by atoms with Crippen molar-refractivity contribution >= 4 is 0 Å². The summed E-state index contributed by atoms with van der Waals surface area (Å²) in [6.07, 6.45) is 0.501. The molecule has 16 heavy (non-hydrogen) atoms. The van der Waals surface area contributed by atoms with Gasteiger partial charge < -0.3 is 20.3 Å². The molecule has 1 aromatic rings. The molecule has 1 aromatic carbocycles.